The van der Waals surface area contributed by atoms with Gasteiger partial charge in [0.05, 0.1) is 6.61 Å². The summed E-state index contributed by atoms with van der Waals surface area (Å²) in [4.78, 5) is 11.3. The SMILES string of the molecule is CC(C)(CNC(=O)CCO)C1CCCCC1. The van der Waals surface area contributed by atoms with Crippen molar-refractivity contribution in [3.8, 4) is 0 Å². The second-order valence-electron chi connectivity index (χ2n) is 5.57. The summed E-state index contributed by atoms with van der Waals surface area (Å²) in [6.07, 6.45) is 6.84. The third-order valence-electron chi connectivity index (χ3n) is 3.79. The van der Waals surface area contributed by atoms with Gasteiger partial charge in [0, 0.05) is 13.0 Å². The van der Waals surface area contributed by atoms with Crippen LogP contribution in [0.15, 0.2) is 0 Å². The monoisotopic (exact) mass is 227 g/mol. The van der Waals surface area contributed by atoms with E-state index in [0.717, 1.165) is 12.5 Å². The molecule has 3 heteroatoms. The molecule has 0 unspecified atom stereocenters. The van der Waals surface area contributed by atoms with Crippen LogP contribution < -0.4 is 5.32 Å². The zero-order chi connectivity index (χ0) is 12.0. The van der Waals surface area contributed by atoms with E-state index in [1.54, 1.807) is 0 Å². The van der Waals surface area contributed by atoms with Gasteiger partial charge in [-0.25, -0.2) is 0 Å². The first kappa shape index (κ1) is 13.5. The van der Waals surface area contributed by atoms with Crippen molar-refractivity contribution in [3.63, 3.8) is 0 Å². The maximum absolute atomic E-state index is 11.3. The normalized spacial score (nSPS) is 18.4. The molecule has 1 aliphatic carbocycles. The number of nitrogens with one attached hydrogen (secondary N) is 1. The summed E-state index contributed by atoms with van der Waals surface area (Å²) in [5.74, 6) is 0.696. The van der Waals surface area contributed by atoms with E-state index >= 15 is 0 Å². The van der Waals surface area contributed by atoms with E-state index in [0.29, 0.717) is 0 Å². The molecule has 2 N–H and O–H groups in total. The van der Waals surface area contributed by atoms with Gasteiger partial charge in [0.25, 0.3) is 0 Å². The highest BCUT2D eigenvalue weighted by atomic mass is 16.3. The number of hydrogen-bond acceptors (Lipinski definition) is 2. The van der Waals surface area contributed by atoms with Gasteiger partial charge in [0.1, 0.15) is 0 Å². The molecule has 1 aliphatic rings. The molecule has 0 bridgehead atoms. The first-order valence-electron chi connectivity index (χ1n) is 6.44. The zero-order valence-electron chi connectivity index (χ0n) is 10.6. The quantitative estimate of drug-likeness (QED) is 0.755. The van der Waals surface area contributed by atoms with Crippen LogP contribution in [0.3, 0.4) is 0 Å². The standard InChI is InChI=1S/C13H25NO2/c1-13(2,10-14-12(16)8-9-15)11-6-4-3-5-7-11/h11,15H,3-10H2,1-2H3,(H,14,16). The molecule has 16 heavy (non-hydrogen) atoms. The number of hydrogen-bond donors (Lipinski definition) is 2. The van der Waals surface area contributed by atoms with Crippen LogP contribution in [0.4, 0.5) is 0 Å². The zero-order valence-corrected chi connectivity index (χ0v) is 10.6. The van der Waals surface area contributed by atoms with E-state index in [1.807, 2.05) is 0 Å². The molecule has 0 saturated heterocycles. The number of rotatable bonds is 5. The topological polar surface area (TPSA) is 49.3 Å². The molecule has 0 aliphatic heterocycles. The fourth-order valence-electron chi connectivity index (χ4n) is 2.54. The molecule has 0 aromatic rings. The lowest BCUT2D eigenvalue weighted by atomic mass is 9.71. The molecule has 1 fully saturated rings. The molecule has 1 amide bonds. The average Bonchev–Trinajstić information content (AvgIpc) is 2.28. The van der Waals surface area contributed by atoms with Gasteiger partial charge < -0.3 is 10.4 Å². The summed E-state index contributed by atoms with van der Waals surface area (Å²) < 4.78 is 0. The Kier molecular flexibility index (Phi) is 5.26. The summed E-state index contributed by atoms with van der Waals surface area (Å²) in [7, 11) is 0. The van der Waals surface area contributed by atoms with Crippen molar-refractivity contribution in [1.29, 1.82) is 0 Å². The third kappa shape index (κ3) is 4.12. The first-order chi connectivity index (χ1) is 7.56. The number of aliphatic hydroxyl groups excluding tert-OH is 1. The molecular weight excluding hydrogens is 202 g/mol. The van der Waals surface area contributed by atoms with Crippen molar-refractivity contribution >= 4 is 5.91 Å². The molecule has 1 rings (SSSR count). The van der Waals surface area contributed by atoms with Crippen molar-refractivity contribution in [3.05, 3.63) is 0 Å². The third-order valence-corrected chi connectivity index (χ3v) is 3.79. The van der Waals surface area contributed by atoms with Crippen LogP contribution >= 0.6 is 0 Å². The Morgan fingerprint density at radius 3 is 2.50 bits per heavy atom. The van der Waals surface area contributed by atoms with Crippen molar-refractivity contribution in [1.82, 2.24) is 5.32 Å². The van der Waals surface area contributed by atoms with Crippen LogP contribution in [-0.2, 0) is 4.79 Å². The predicted molar refractivity (Wildman–Crippen MR) is 65.1 cm³/mol. The smallest absolute Gasteiger partial charge is 0.222 e. The van der Waals surface area contributed by atoms with Gasteiger partial charge in [-0.1, -0.05) is 33.1 Å². The minimum atomic E-state index is -0.0598. The number of carbonyl (C=O) groups excluding carboxylic acids is 1. The highest BCUT2D eigenvalue weighted by Crippen LogP contribution is 2.37. The lowest BCUT2D eigenvalue weighted by Gasteiger charge is -2.37. The van der Waals surface area contributed by atoms with Crippen LogP contribution in [0, 0.1) is 11.3 Å². The molecule has 0 aromatic carbocycles. The molecule has 0 atom stereocenters. The Bertz CT molecular complexity index is 220. The number of aliphatic hydroxyl groups is 1. The second-order valence-corrected chi connectivity index (χ2v) is 5.57. The Morgan fingerprint density at radius 1 is 1.31 bits per heavy atom. The van der Waals surface area contributed by atoms with Crippen molar-refractivity contribution < 1.29 is 9.90 Å². The summed E-state index contributed by atoms with van der Waals surface area (Å²) >= 11 is 0. The van der Waals surface area contributed by atoms with E-state index in [9.17, 15) is 4.79 Å². The van der Waals surface area contributed by atoms with Crippen LogP contribution in [0.1, 0.15) is 52.4 Å². The largest absolute Gasteiger partial charge is 0.396 e. The molecule has 0 aromatic heterocycles. The average molecular weight is 227 g/mol. The van der Waals surface area contributed by atoms with Gasteiger partial charge >= 0.3 is 0 Å². The molecule has 94 valence electrons. The fraction of sp³-hybridized carbons (Fsp3) is 0.923. The highest BCUT2D eigenvalue weighted by Gasteiger charge is 2.30. The molecule has 0 heterocycles. The van der Waals surface area contributed by atoms with E-state index < -0.39 is 0 Å². The number of carbonyl (C=O) groups is 1. The maximum atomic E-state index is 11.3. The predicted octanol–water partition coefficient (Wildman–Crippen LogP) is 2.09. The Balaban J connectivity index is 2.34. The highest BCUT2D eigenvalue weighted by molar-refractivity contribution is 5.75. The van der Waals surface area contributed by atoms with Gasteiger partial charge in [0.15, 0.2) is 0 Å². The summed E-state index contributed by atoms with van der Waals surface area (Å²) in [5.41, 5.74) is 0.186. The molecule has 1 saturated carbocycles. The van der Waals surface area contributed by atoms with Gasteiger partial charge in [0.2, 0.25) is 5.91 Å². The first-order valence-corrected chi connectivity index (χ1v) is 6.44. The van der Waals surface area contributed by atoms with Gasteiger partial charge in [-0.05, 0) is 24.2 Å². The minimum Gasteiger partial charge on any atom is -0.396 e. The lowest BCUT2D eigenvalue weighted by Crippen LogP contribution is -2.39. The van der Waals surface area contributed by atoms with Gasteiger partial charge in [-0.3, -0.25) is 4.79 Å². The summed E-state index contributed by atoms with van der Waals surface area (Å²) in [5, 5.41) is 11.6. The molecule has 0 radical (unpaired) electrons. The van der Waals surface area contributed by atoms with Crippen LogP contribution in [0.2, 0.25) is 0 Å². The van der Waals surface area contributed by atoms with Crippen LogP contribution in [0.5, 0.6) is 0 Å². The van der Waals surface area contributed by atoms with E-state index in [-0.39, 0.29) is 24.3 Å². The number of amides is 1. The van der Waals surface area contributed by atoms with Gasteiger partial charge in [-0.15, -0.1) is 0 Å². The minimum absolute atomic E-state index is 0.0358. The van der Waals surface area contributed by atoms with Crippen molar-refractivity contribution in [2.75, 3.05) is 13.2 Å². The van der Waals surface area contributed by atoms with Crippen molar-refractivity contribution in [2.24, 2.45) is 11.3 Å². The summed E-state index contributed by atoms with van der Waals surface area (Å²) in [6, 6.07) is 0. The Hall–Kier alpha value is -0.570. The van der Waals surface area contributed by atoms with Crippen LogP contribution in [-0.4, -0.2) is 24.2 Å². The maximum Gasteiger partial charge on any atom is 0.222 e. The van der Waals surface area contributed by atoms with Crippen LogP contribution in [0.25, 0.3) is 0 Å². The van der Waals surface area contributed by atoms with E-state index in [2.05, 4.69) is 19.2 Å². The Labute approximate surface area is 98.6 Å². The van der Waals surface area contributed by atoms with E-state index in [4.69, 9.17) is 5.11 Å². The van der Waals surface area contributed by atoms with E-state index in [1.165, 1.54) is 32.1 Å². The Morgan fingerprint density at radius 2 is 1.94 bits per heavy atom. The molecular formula is C13H25NO2. The molecule has 0 spiro atoms. The summed E-state index contributed by atoms with van der Waals surface area (Å²) in [6.45, 7) is 5.15. The fourth-order valence-corrected chi connectivity index (χ4v) is 2.54. The molecule has 3 nitrogen and oxygen atoms in total. The van der Waals surface area contributed by atoms with Gasteiger partial charge in [-0.2, -0.15) is 0 Å². The second kappa shape index (κ2) is 6.24. The lowest BCUT2D eigenvalue weighted by molar-refractivity contribution is -0.122. The van der Waals surface area contributed by atoms with Crippen molar-refractivity contribution in [2.45, 2.75) is 52.4 Å².